The highest BCUT2D eigenvalue weighted by Gasteiger charge is 2.27. The van der Waals surface area contributed by atoms with Crippen LogP contribution in [0.3, 0.4) is 0 Å². The van der Waals surface area contributed by atoms with E-state index in [4.69, 9.17) is 5.21 Å². The van der Waals surface area contributed by atoms with Crippen LogP contribution in [0.2, 0.25) is 0 Å². The number of nitrogens with zero attached hydrogens (tertiary/aromatic N) is 1. The van der Waals surface area contributed by atoms with Gasteiger partial charge in [-0.15, -0.1) is 10.3 Å². The molecule has 0 amide bonds. The molecule has 106 valence electrons. The quantitative estimate of drug-likeness (QED) is 0.276. The van der Waals surface area contributed by atoms with E-state index in [2.05, 4.69) is 11.7 Å². The lowest BCUT2D eigenvalue weighted by atomic mass is 10.1. The molecule has 6 heteroatoms. The fraction of sp³-hybridized carbons (Fsp3) is 0.750. The number of nitrogens with one attached hydrogen (secondary N) is 1. The van der Waals surface area contributed by atoms with Crippen LogP contribution in [0, 0.1) is 5.21 Å². The second-order valence-corrected chi connectivity index (χ2v) is 4.14. The monoisotopic (exact) mass is 260 g/mol. The molecule has 0 aliphatic rings. The van der Waals surface area contributed by atoms with Crippen LogP contribution in [0.5, 0.6) is 0 Å². The van der Waals surface area contributed by atoms with Gasteiger partial charge in [-0.25, -0.2) is 0 Å². The van der Waals surface area contributed by atoms with Crippen molar-refractivity contribution >= 4 is 5.97 Å². The molecule has 2 N–H and O–H groups in total. The number of likely N-dealkylation sites (N-methyl/N-ethyl adjacent to an activating group) is 1. The first-order valence-electron chi connectivity index (χ1n) is 6.23. The third-order valence-corrected chi connectivity index (χ3v) is 2.74. The van der Waals surface area contributed by atoms with Gasteiger partial charge in [-0.05, 0) is 19.3 Å². The highest BCUT2D eigenvalue weighted by Crippen LogP contribution is 2.04. The Morgan fingerprint density at radius 2 is 2.17 bits per heavy atom. The summed E-state index contributed by atoms with van der Waals surface area (Å²) in [6.07, 6.45) is 8.60. The van der Waals surface area contributed by atoms with Crippen molar-refractivity contribution in [3.05, 3.63) is 17.4 Å². The van der Waals surface area contributed by atoms with Gasteiger partial charge in [0.2, 0.25) is 0 Å². The van der Waals surface area contributed by atoms with E-state index < -0.39 is 17.3 Å². The lowest BCUT2D eigenvalue weighted by Crippen LogP contribution is -3.12. The number of esters is 1. The maximum Gasteiger partial charge on any atom is 0.328 e. The highest BCUT2D eigenvalue weighted by molar-refractivity contribution is 5.75. The Balaban J connectivity index is 4.21. The molecular weight excluding hydrogens is 236 g/mol. The van der Waals surface area contributed by atoms with Gasteiger partial charge in [0, 0.05) is 7.05 Å². The normalized spacial score (nSPS) is 15.0. The summed E-state index contributed by atoms with van der Waals surface area (Å²) in [5.41, 5.74) is 0. The third kappa shape index (κ3) is 6.70. The van der Waals surface area contributed by atoms with Gasteiger partial charge in [-0.2, -0.15) is 5.21 Å². The minimum Gasteiger partial charge on any atom is -0.579 e. The van der Waals surface area contributed by atoms with E-state index in [-0.39, 0.29) is 0 Å². The van der Waals surface area contributed by atoms with Crippen LogP contribution in [0.1, 0.15) is 39.0 Å². The minimum atomic E-state index is -1.13. The Kier molecular flexibility index (Phi) is 9.49. The molecule has 0 spiro atoms. The van der Waals surface area contributed by atoms with Crippen molar-refractivity contribution in [2.24, 2.45) is 0 Å². The molecule has 0 radical (unpaired) electrons. The van der Waals surface area contributed by atoms with Crippen LogP contribution < -0.4 is 5.34 Å². The number of ether oxygens (including phenoxy) is 1. The van der Waals surface area contributed by atoms with E-state index in [0.717, 1.165) is 17.9 Å². The van der Waals surface area contributed by atoms with Crippen LogP contribution in [-0.2, 0) is 9.53 Å². The van der Waals surface area contributed by atoms with Gasteiger partial charge < -0.3 is 9.94 Å². The number of carbonyl (C=O) groups excluding carboxylic acids is 1. The lowest BCUT2D eigenvalue weighted by Gasteiger charge is -2.28. The van der Waals surface area contributed by atoms with Gasteiger partial charge >= 0.3 is 5.97 Å². The molecule has 6 nitrogen and oxygen atoms in total. The molecule has 18 heavy (non-hydrogen) atoms. The maximum absolute atomic E-state index is 11.5. The zero-order valence-electron chi connectivity index (χ0n) is 11.4. The molecule has 0 saturated heterocycles. The van der Waals surface area contributed by atoms with Crippen molar-refractivity contribution in [3.63, 3.8) is 0 Å². The van der Waals surface area contributed by atoms with Crippen molar-refractivity contribution < 1.29 is 20.1 Å². The van der Waals surface area contributed by atoms with Crippen molar-refractivity contribution in [1.82, 2.24) is 5.01 Å². The predicted octanol–water partition coefficient (Wildman–Crippen LogP) is 0.673. The number of allylic oxidation sites excluding steroid dienone is 1. The number of hydrogen-bond acceptors (Lipinski definition) is 5. The molecule has 0 heterocycles. The molecule has 0 aromatic rings. The molecule has 0 aliphatic heterocycles. The van der Waals surface area contributed by atoms with E-state index in [0.29, 0.717) is 6.42 Å². The standard InChI is InChI=1S/C12H24N2O4/c1-4-5-6-7-8-9-10-11(12(15)18-3)13(2)14(16)17/h8-9,11,14,16H,4-7,10H2,1-3H3/b9-8+. The molecule has 0 aromatic heterocycles. The number of rotatable bonds is 9. The average Bonchev–Trinajstić information content (AvgIpc) is 2.36. The van der Waals surface area contributed by atoms with Gasteiger partial charge in [0.25, 0.3) is 0 Å². The van der Waals surface area contributed by atoms with Crippen molar-refractivity contribution in [2.75, 3.05) is 14.2 Å². The molecule has 0 fully saturated rings. The first-order valence-corrected chi connectivity index (χ1v) is 6.23. The predicted molar refractivity (Wildman–Crippen MR) is 67.6 cm³/mol. The topological polar surface area (TPSA) is 77.3 Å². The van der Waals surface area contributed by atoms with Gasteiger partial charge in [-0.1, -0.05) is 31.9 Å². The van der Waals surface area contributed by atoms with E-state index in [1.165, 1.54) is 27.0 Å². The van der Waals surface area contributed by atoms with Gasteiger partial charge in [0.1, 0.15) is 0 Å². The Hall–Kier alpha value is -0.950. The fourth-order valence-corrected chi connectivity index (χ4v) is 1.54. The second kappa shape index (κ2) is 10.0. The minimum absolute atomic E-state index is 0.349. The summed E-state index contributed by atoms with van der Waals surface area (Å²) in [5, 5.41) is 19.5. The number of unbranched alkanes of at least 4 members (excludes halogenated alkanes) is 3. The van der Waals surface area contributed by atoms with Crippen molar-refractivity contribution in [2.45, 2.75) is 45.1 Å². The van der Waals surface area contributed by atoms with Gasteiger partial charge in [0.05, 0.1) is 7.11 Å². The summed E-state index contributed by atoms with van der Waals surface area (Å²) in [7, 11) is 2.63. The van der Waals surface area contributed by atoms with Gasteiger partial charge in [-0.3, -0.25) is 4.79 Å². The molecular formula is C12H24N2O4. The van der Waals surface area contributed by atoms with E-state index >= 15 is 0 Å². The summed E-state index contributed by atoms with van der Waals surface area (Å²) in [6.45, 7) is 2.14. The highest BCUT2D eigenvalue weighted by atomic mass is 16.8. The van der Waals surface area contributed by atoms with E-state index in [1.54, 1.807) is 0 Å². The SMILES string of the molecule is CCCCC/C=C/CC(C(=O)OC)N(C)[NH+]([O-])O. The molecule has 0 aliphatic carbocycles. The second-order valence-electron chi connectivity index (χ2n) is 4.14. The number of carbonyl (C=O) groups is 1. The van der Waals surface area contributed by atoms with Crippen LogP contribution in [0.25, 0.3) is 0 Å². The molecule has 0 bridgehead atoms. The first-order chi connectivity index (χ1) is 8.54. The molecule has 0 aromatic carbocycles. The van der Waals surface area contributed by atoms with Crippen LogP contribution in [-0.4, -0.2) is 36.4 Å². The molecule has 2 atom stereocenters. The van der Waals surface area contributed by atoms with Crippen molar-refractivity contribution in [3.8, 4) is 0 Å². The summed E-state index contributed by atoms with van der Waals surface area (Å²) < 4.78 is 4.60. The van der Waals surface area contributed by atoms with Crippen LogP contribution in [0.15, 0.2) is 12.2 Å². The van der Waals surface area contributed by atoms with E-state index in [1.807, 2.05) is 12.2 Å². The number of hydrogen-bond donors (Lipinski definition) is 2. The summed E-state index contributed by atoms with van der Waals surface area (Å²) >= 11 is 0. The molecule has 0 saturated carbocycles. The maximum atomic E-state index is 11.5. The molecule has 0 rings (SSSR count). The fourth-order valence-electron chi connectivity index (χ4n) is 1.54. The summed E-state index contributed by atoms with van der Waals surface area (Å²) in [4.78, 5) is 11.5. The Morgan fingerprint density at radius 1 is 1.50 bits per heavy atom. The van der Waals surface area contributed by atoms with E-state index in [9.17, 15) is 10.0 Å². The summed E-state index contributed by atoms with van der Waals surface area (Å²) in [5.74, 6) is -0.530. The lowest BCUT2D eigenvalue weighted by molar-refractivity contribution is -1.14. The summed E-state index contributed by atoms with van der Waals surface area (Å²) in [6, 6.07) is -0.769. The smallest absolute Gasteiger partial charge is 0.328 e. The third-order valence-electron chi connectivity index (χ3n) is 2.74. The zero-order chi connectivity index (χ0) is 14.0. The average molecular weight is 260 g/mol. The van der Waals surface area contributed by atoms with Crippen LogP contribution >= 0.6 is 0 Å². The van der Waals surface area contributed by atoms with Crippen molar-refractivity contribution in [1.29, 1.82) is 0 Å². The Labute approximate surface area is 108 Å². The zero-order valence-corrected chi connectivity index (χ0v) is 11.4. The number of quaternary nitrogens is 1. The van der Waals surface area contributed by atoms with Crippen LogP contribution in [0.4, 0.5) is 0 Å². The Morgan fingerprint density at radius 3 is 2.67 bits per heavy atom. The first kappa shape index (κ1) is 17.1. The Bertz CT molecular complexity index is 256. The number of methoxy groups -OCH3 is 1. The van der Waals surface area contributed by atoms with Gasteiger partial charge in [0.15, 0.2) is 6.04 Å². The molecule has 2 unspecified atom stereocenters. The largest absolute Gasteiger partial charge is 0.579 e.